The van der Waals surface area contributed by atoms with E-state index in [4.69, 9.17) is 0 Å². The van der Waals surface area contributed by atoms with Crippen molar-refractivity contribution in [3.05, 3.63) is 60.6 Å². The van der Waals surface area contributed by atoms with Crippen molar-refractivity contribution in [2.24, 2.45) is 0 Å². The quantitative estimate of drug-likeness (QED) is 0.763. The summed E-state index contributed by atoms with van der Waals surface area (Å²) in [6.45, 7) is 0. The first kappa shape index (κ1) is 16.9. The first-order chi connectivity index (χ1) is 11.8. The van der Waals surface area contributed by atoms with Crippen molar-refractivity contribution in [2.75, 3.05) is 4.72 Å². The summed E-state index contributed by atoms with van der Waals surface area (Å²) >= 11 is 0. The van der Waals surface area contributed by atoms with Crippen LogP contribution in [-0.2, 0) is 16.2 Å². The minimum absolute atomic E-state index is 0.0473. The van der Waals surface area contributed by atoms with Crippen molar-refractivity contribution in [2.45, 2.75) is 11.1 Å². The fourth-order valence-corrected chi connectivity index (χ4v) is 3.00. The molecule has 130 valence electrons. The van der Waals surface area contributed by atoms with Crippen LogP contribution in [0.25, 0.3) is 5.95 Å². The maximum atomic E-state index is 12.6. The largest absolute Gasteiger partial charge is 0.416 e. The monoisotopic (exact) mass is 369 g/mol. The molecular formula is C14H10F3N5O2S. The van der Waals surface area contributed by atoms with Crippen LogP contribution in [-0.4, -0.2) is 28.2 Å². The molecule has 0 unspecified atom stereocenters. The predicted molar refractivity (Wildman–Crippen MR) is 81.4 cm³/mol. The lowest BCUT2D eigenvalue weighted by Crippen LogP contribution is -2.17. The highest BCUT2D eigenvalue weighted by atomic mass is 32.2. The Labute approximate surface area is 140 Å². The summed E-state index contributed by atoms with van der Waals surface area (Å²) in [7, 11) is -4.11. The fourth-order valence-electron chi connectivity index (χ4n) is 1.96. The third-order valence-electron chi connectivity index (χ3n) is 3.12. The van der Waals surface area contributed by atoms with Crippen LogP contribution >= 0.6 is 0 Å². The van der Waals surface area contributed by atoms with Crippen LogP contribution in [0.5, 0.6) is 0 Å². The Morgan fingerprint density at radius 2 is 1.60 bits per heavy atom. The van der Waals surface area contributed by atoms with Gasteiger partial charge in [0.2, 0.25) is 0 Å². The van der Waals surface area contributed by atoms with Gasteiger partial charge in [0.1, 0.15) is 5.82 Å². The van der Waals surface area contributed by atoms with Crippen LogP contribution < -0.4 is 4.72 Å². The normalized spacial score (nSPS) is 12.1. The SMILES string of the molecule is O=S(=O)(Nc1ccnn1-c1ncccn1)c1ccc(C(F)(F)F)cc1. The number of aromatic nitrogens is 4. The van der Waals surface area contributed by atoms with Gasteiger partial charge in [0.25, 0.3) is 16.0 Å². The topological polar surface area (TPSA) is 89.8 Å². The van der Waals surface area contributed by atoms with Gasteiger partial charge >= 0.3 is 6.18 Å². The zero-order valence-electron chi connectivity index (χ0n) is 12.3. The van der Waals surface area contributed by atoms with Crippen molar-refractivity contribution >= 4 is 15.8 Å². The minimum atomic E-state index is -4.54. The molecule has 2 heterocycles. The first-order valence-corrected chi connectivity index (χ1v) is 8.27. The maximum absolute atomic E-state index is 12.6. The van der Waals surface area contributed by atoms with Gasteiger partial charge in [-0.1, -0.05) is 0 Å². The molecule has 0 bridgehead atoms. The lowest BCUT2D eigenvalue weighted by atomic mass is 10.2. The highest BCUT2D eigenvalue weighted by Gasteiger charge is 2.30. The highest BCUT2D eigenvalue weighted by Crippen LogP contribution is 2.30. The maximum Gasteiger partial charge on any atom is 0.416 e. The summed E-state index contributed by atoms with van der Waals surface area (Å²) in [5.41, 5.74) is -0.936. The molecule has 0 aliphatic heterocycles. The van der Waals surface area contributed by atoms with Crippen molar-refractivity contribution < 1.29 is 21.6 Å². The van der Waals surface area contributed by atoms with Gasteiger partial charge in [-0.3, -0.25) is 4.72 Å². The summed E-state index contributed by atoms with van der Waals surface area (Å²) in [6.07, 6.45) is -0.295. The highest BCUT2D eigenvalue weighted by molar-refractivity contribution is 7.92. The van der Waals surface area contributed by atoms with Gasteiger partial charge in [-0.2, -0.15) is 23.0 Å². The summed E-state index contributed by atoms with van der Waals surface area (Å²) in [5, 5.41) is 3.93. The lowest BCUT2D eigenvalue weighted by molar-refractivity contribution is -0.137. The Morgan fingerprint density at radius 3 is 2.20 bits per heavy atom. The molecule has 2 aromatic heterocycles. The summed E-state index contributed by atoms with van der Waals surface area (Å²) in [6, 6.07) is 6.12. The minimum Gasteiger partial charge on any atom is -0.263 e. The van der Waals surface area contributed by atoms with E-state index in [0.29, 0.717) is 12.1 Å². The van der Waals surface area contributed by atoms with Gasteiger partial charge in [0.05, 0.1) is 16.7 Å². The molecule has 1 N–H and O–H groups in total. The van der Waals surface area contributed by atoms with Crippen LogP contribution in [0.4, 0.5) is 19.0 Å². The third kappa shape index (κ3) is 3.60. The second-order valence-electron chi connectivity index (χ2n) is 4.80. The zero-order chi connectivity index (χ0) is 18.1. The number of hydrogen-bond acceptors (Lipinski definition) is 5. The molecule has 25 heavy (non-hydrogen) atoms. The average molecular weight is 369 g/mol. The van der Waals surface area contributed by atoms with Crippen LogP contribution in [0.15, 0.2) is 59.9 Å². The molecule has 0 saturated heterocycles. The van der Waals surface area contributed by atoms with Gasteiger partial charge in [-0.15, -0.1) is 0 Å². The molecule has 7 nitrogen and oxygen atoms in total. The molecule has 0 radical (unpaired) electrons. The van der Waals surface area contributed by atoms with Crippen LogP contribution in [0.1, 0.15) is 5.56 Å². The van der Waals surface area contributed by atoms with Crippen molar-refractivity contribution in [3.63, 3.8) is 0 Å². The Bertz CT molecular complexity index is 970. The molecule has 0 saturated carbocycles. The Kier molecular flexibility index (Phi) is 4.17. The molecule has 3 rings (SSSR count). The van der Waals surface area contributed by atoms with Gasteiger partial charge < -0.3 is 0 Å². The van der Waals surface area contributed by atoms with Crippen molar-refractivity contribution in [3.8, 4) is 5.95 Å². The number of hydrogen-bond donors (Lipinski definition) is 1. The number of alkyl halides is 3. The van der Waals surface area contributed by atoms with Gasteiger partial charge in [-0.25, -0.2) is 18.4 Å². The first-order valence-electron chi connectivity index (χ1n) is 6.79. The Balaban J connectivity index is 1.90. The Hall–Kier alpha value is -2.95. The van der Waals surface area contributed by atoms with Crippen LogP contribution in [0, 0.1) is 0 Å². The molecule has 0 atom stereocenters. The molecule has 1 aromatic carbocycles. The van der Waals surface area contributed by atoms with E-state index < -0.39 is 21.8 Å². The number of halogens is 3. The van der Waals surface area contributed by atoms with E-state index in [9.17, 15) is 21.6 Å². The van der Waals surface area contributed by atoms with E-state index in [0.717, 1.165) is 16.8 Å². The standard InChI is InChI=1S/C14H10F3N5O2S/c15-14(16,17)10-2-4-11(5-3-10)25(23,24)21-12-6-9-20-22(12)13-18-7-1-8-19-13/h1-9,21H. The molecule has 0 fully saturated rings. The van der Waals surface area contributed by atoms with Crippen LogP contribution in [0.2, 0.25) is 0 Å². The van der Waals surface area contributed by atoms with Gasteiger partial charge in [0, 0.05) is 18.5 Å². The molecular weight excluding hydrogens is 359 g/mol. The van der Waals surface area contributed by atoms with Crippen LogP contribution in [0.3, 0.4) is 0 Å². The van der Waals surface area contributed by atoms with Gasteiger partial charge in [-0.05, 0) is 30.3 Å². The van der Waals surface area contributed by atoms with E-state index in [1.807, 2.05) is 0 Å². The van der Waals surface area contributed by atoms with E-state index in [1.54, 1.807) is 6.07 Å². The van der Waals surface area contributed by atoms with E-state index in [2.05, 4.69) is 19.8 Å². The zero-order valence-corrected chi connectivity index (χ0v) is 13.2. The molecule has 11 heteroatoms. The number of anilines is 1. The summed E-state index contributed by atoms with van der Waals surface area (Å²) in [4.78, 5) is 7.59. The molecule has 0 aliphatic rings. The smallest absolute Gasteiger partial charge is 0.263 e. The van der Waals surface area contributed by atoms with E-state index in [-0.39, 0.29) is 16.7 Å². The number of sulfonamides is 1. The second kappa shape index (κ2) is 6.16. The fraction of sp³-hybridized carbons (Fsp3) is 0.0714. The number of rotatable bonds is 4. The number of benzene rings is 1. The third-order valence-corrected chi connectivity index (χ3v) is 4.49. The van der Waals surface area contributed by atoms with Crippen molar-refractivity contribution in [1.29, 1.82) is 0 Å². The molecule has 3 aromatic rings. The average Bonchev–Trinajstić information content (AvgIpc) is 3.02. The lowest BCUT2D eigenvalue weighted by Gasteiger charge is -2.11. The summed E-state index contributed by atoms with van der Waals surface area (Å²) < 4.78 is 65.9. The molecule has 0 spiro atoms. The Morgan fingerprint density at radius 1 is 0.960 bits per heavy atom. The second-order valence-corrected chi connectivity index (χ2v) is 6.49. The summed E-state index contributed by atoms with van der Waals surface area (Å²) in [5.74, 6) is 0.184. The van der Waals surface area contributed by atoms with E-state index in [1.165, 1.54) is 24.7 Å². The molecule has 0 amide bonds. The predicted octanol–water partition coefficient (Wildman–Crippen LogP) is 2.48. The van der Waals surface area contributed by atoms with E-state index >= 15 is 0 Å². The molecule has 0 aliphatic carbocycles. The van der Waals surface area contributed by atoms with Gasteiger partial charge in [0.15, 0.2) is 0 Å². The number of nitrogens with one attached hydrogen (secondary N) is 1. The van der Waals surface area contributed by atoms with Crippen molar-refractivity contribution in [1.82, 2.24) is 19.7 Å². The number of nitrogens with zero attached hydrogens (tertiary/aromatic N) is 4.